The maximum absolute atomic E-state index is 12.5. The summed E-state index contributed by atoms with van der Waals surface area (Å²) in [6.07, 6.45) is 0. The second-order valence-corrected chi connectivity index (χ2v) is 5.38. The summed E-state index contributed by atoms with van der Waals surface area (Å²) in [6, 6.07) is 8.56. The lowest BCUT2D eigenvalue weighted by Crippen LogP contribution is -2.37. The highest BCUT2D eigenvalue weighted by Crippen LogP contribution is 2.36. The number of carbonyl (C=O) groups excluding carboxylic acids is 1. The van der Waals surface area contributed by atoms with Crippen molar-refractivity contribution >= 4 is 23.6 Å². The number of rotatable bonds is 3. The Kier molecular flexibility index (Phi) is 4.00. The summed E-state index contributed by atoms with van der Waals surface area (Å²) in [6.45, 7) is 3.78. The highest BCUT2D eigenvalue weighted by molar-refractivity contribution is 6.03. The zero-order chi connectivity index (χ0) is 17.3. The van der Waals surface area contributed by atoms with Crippen molar-refractivity contribution in [3.63, 3.8) is 0 Å². The van der Waals surface area contributed by atoms with Gasteiger partial charge in [0.15, 0.2) is 0 Å². The molecule has 8 nitrogen and oxygen atoms in total. The number of hydrogen-bond donors (Lipinski definition) is 1. The average molecular weight is 324 g/mol. The van der Waals surface area contributed by atoms with E-state index < -0.39 is 12.0 Å². The Labute approximate surface area is 138 Å². The van der Waals surface area contributed by atoms with Gasteiger partial charge in [-0.05, 0) is 31.5 Å². The predicted molar refractivity (Wildman–Crippen MR) is 86.6 cm³/mol. The molecule has 0 radical (unpaired) electrons. The highest BCUT2D eigenvalue weighted by Gasteiger charge is 2.40. The number of carbonyl (C=O) groups is 1. The smallest absolute Gasteiger partial charge is 0.317 e. The predicted octanol–water partition coefficient (Wildman–Crippen LogP) is 1.61. The molecule has 0 saturated heterocycles. The molecule has 2 aromatic rings. The summed E-state index contributed by atoms with van der Waals surface area (Å²) in [7, 11) is 0. The van der Waals surface area contributed by atoms with E-state index in [4.69, 9.17) is 15.7 Å². The van der Waals surface area contributed by atoms with E-state index >= 15 is 0 Å². The highest BCUT2D eigenvalue weighted by atomic mass is 16.5. The largest absolute Gasteiger partial charge is 0.465 e. The Bertz CT molecular complexity index is 846. The van der Waals surface area contributed by atoms with Crippen molar-refractivity contribution in [2.24, 2.45) is 10.9 Å². The third-order valence-electron chi connectivity index (χ3n) is 3.86. The van der Waals surface area contributed by atoms with E-state index in [1.54, 1.807) is 38.1 Å². The normalized spacial score (nSPS) is 19.1. The number of anilines is 1. The van der Waals surface area contributed by atoms with Crippen LogP contribution in [0.25, 0.3) is 0 Å². The molecule has 1 aliphatic rings. The minimum Gasteiger partial charge on any atom is -0.465 e. The molecule has 0 saturated carbocycles. The lowest BCUT2D eigenvalue weighted by molar-refractivity contribution is -0.146. The van der Waals surface area contributed by atoms with Gasteiger partial charge in [0.25, 0.3) is 0 Å². The van der Waals surface area contributed by atoms with Crippen LogP contribution in [-0.4, -0.2) is 33.1 Å². The van der Waals surface area contributed by atoms with E-state index in [9.17, 15) is 4.79 Å². The van der Waals surface area contributed by atoms with Crippen LogP contribution in [-0.2, 0) is 9.53 Å². The molecule has 3 rings (SSSR count). The maximum Gasteiger partial charge on any atom is 0.317 e. The van der Waals surface area contributed by atoms with Crippen molar-refractivity contribution in [3.05, 3.63) is 35.4 Å². The van der Waals surface area contributed by atoms with Gasteiger partial charge >= 0.3 is 5.97 Å². The van der Waals surface area contributed by atoms with Crippen LogP contribution in [0.2, 0.25) is 0 Å². The quantitative estimate of drug-likeness (QED) is 0.856. The van der Waals surface area contributed by atoms with Gasteiger partial charge in [-0.1, -0.05) is 12.1 Å². The molecule has 0 fully saturated rings. The number of ether oxygens (including phenoxy) is 1. The van der Waals surface area contributed by atoms with Gasteiger partial charge in [-0.25, -0.2) is 9.67 Å². The van der Waals surface area contributed by atoms with Crippen molar-refractivity contribution in [2.75, 3.05) is 12.3 Å². The number of nitrogen functional groups attached to an aromatic ring is 1. The first kappa shape index (κ1) is 15.7. The van der Waals surface area contributed by atoms with E-state index in [1.165, 1.54) is 4.68 Å². The van der Waals surface area contributed by atoms with Crippen LogP contribution in [0.5, 0.6) is 0 Å². The van der Waals surface area contributed by atoms with Crippen molar-refractivity contribution in [2.45, 2.75) is 19.9 Å². The van der Waals surface area contributed by atoms with E-state index in [0.717, 1.165) is 5.56 Å². The molecule has 1 aromatic heterocycles. The van der Waals surface area contributed by atoms with Crippen LogP contribution in [0.1, 0.15) is 31.0 Å². The summed E-state index contributed by atoms with van der Waals surface area (Å²) in [4.78, 5) is 20.9. The van der Waals surface area contributed by atoms with Gasteiger partial charge in [-0.3, -0.25) is 4.79 Å². The van der Waals surface area contributed by atoms with Gasteiger partial charge in [0, 0.05) is 5.71 Å². The molecule has 1 aliphatic heterocycles. The molecule has 24 heavy (non-hydrogen) atoms. The fourth-order valence-corrected chi connectivity index (χ4v) is 2.81. The van der Waals surface area contributed by atoms with E-state index in [-0.39, 0.29) is 18.5 Å². The molecule has 2 N–H and O–H groups in total. The molecule has 0 amide bonds. The zero-order valence-corrected chi connectivity index (χ0v) is 13.3. The van der Waals surface area contributed by atoms with Crippen LogP contribution in [0.15, 0.2) is 29.3 Å². The van der Waals surface area contributed by atoms with Crippen LogP contribution >= 0.6 is 0 Å². The molecular formula is C16H16N6O2. The third-order valence-corrected chi connectivity index (χ3v) is 3.86. The van der Waals surface area contributed by atoms with Crippen molar-refractivity contribution < 1.29 is 9.53 Å². The number of aliphatic imine (C=N–C) groups is 1. The second kappa shape index (κ2) is 6.12. The van der Waals surface area contributed by atoms with Crippen LogP contribution in [0.3, 0.4) is 0 Å². The minimum atomic E-state index is -0.633. The second-order valence-electron chi connectivity index (χ2n) is 5.38. The summed E-state index contributed by atoms with van der Waals surface area (Å²) in [5.41, 5.74) is 7.62. The van der Waals surface area contributed by atoms with Gasteiger partial charge in [-0.15, -0.1) is 5.10 Å². The van der Waals surface area contributed by atoms with Gasteiger partial charge < -0.3 is 10.5 Å². The van der Waals surface area contributed by atoms with E-state index in [0.29, 0.717) is 17.2 Å². The lowest BCUT2D eigenvalue weighted by Gasteiger charge is -2.29. The molecule has 1 aromatic carbocycles. The molecule has 2 unspecified atom stereocenters. The van der Waals surface area contributed by atoms with E-state index in [2.05, 4.69) is 21.1 Å². The summed E-state index contributed by atoms with van der Waals surface area (Å²) in [5.74, 6) is -0.580. The first-order chi connectivity index (χ1) is 11.5. The fourth-order valence-electron chi connectivity index (χ4n) is 2.81. The SMILES string of the molecule is CCOC(=O)C1C(C)=Nc2nc(N)nn2C1c1ccc(C#N)cc1. The Hall–Kier alpha value is -3.21. The number of esters is 1. The Morgan fingerprint density at radius 3 is 2.75 bits per heavy atom. The summed E-state index contributed by atoms with van der Waals surface area (Å²) in [5, 5.41) is 13.1. The first-order valence-corrected chi connectivity index (χ1v) is 7.49. The summed E-state index contributed by atoms with van der Waals surface area (Å²) < 4.78 is 6.74. The average Bonchev–Trinajstić information content (AvgIpc) is 2.93. The number of aromatic nitrogens is 3. The summed E-state index contributed by atoms with van der Waals surface area (Å²) >= 11 is 0. The zero-order valence-electron chi connectivity index (χ0n) is 13.3. The fraction of sp³-hybridized carbons (Fsp3) is 0.312. The van der Waals surface area contributed by atoms with E-state index in [1.807, 2.05) is 0 Å². The van der Waals surface area contributed by atoms with Crippen LogP contribution < -0.4 is 5.73 Å². The third kappa shape index (κ3) is 2.60. The topological polar surface area (TPSA) is 119 Å². The monoisotopic (exact) mass is 324 g/mol. The number of hydrogen-bond acceptors (Lipinski definition) is 7. The molecule has 2 atom stereocenters. The number of nitrogens with zero attached hydrogens (tertiary/aromatic N) is 5. The van der Waals surface area contributed by atoms with Crippen LogP contribution in [0.4, 0.5) is 11.9 Å². The molecular weight excluding hydrogens is 308 g/mol. The molecule has 2 heterocycles. The Morgan fingerprint density at radius 1 is 1.42 bits per heavy atom. The van der Waals surface area contributed by atoms with Crippen molar-refractivity contribution in [1.82, 2.24) is 14.8 Å². The molecule has 122 valence electrons. The lowest BCUT2D eigenvalue weighted by atomic mass is 9.88. The Morgan fingerprint density at radius 2 is 2.12 bits per heavy atom. The molecule has 0 aliphatic carbocycles. The number of nitriles is 1. The molecule has 8 heteroatoms. The molecule has 0 spiro atoms. The standard InChI is InChI=1S/C16H16N6O2/c1-3-24-14(23)12-9(2)19-16-20-15(18)21-22(16)13(12)11-6-4-10(8-17)5-7-11/h4-7,12-13H,3H2,1-2H3,(H2,18,21). The van der Waals surface area contributed by atoms with Gasteiger partial charge in [0.2, 0.25) is 11.9 Å². The van der Waals surface area contributed by atoms with Gasteiger partial charge in [-0.2, -0.15) is 10.2 Å². The first-order valence-electron chi connectivity index (χ1n) is 7.49. The van der Waals surface area contributed by atoms with Gasteiger partial charge in [0.1, 0.15) is 5.92 Å². The van der Waals surface area contributed by atoms with Crippen molar-refractivity contribution in [3.8, 4) is 6.07 Å². The number of benzene rings is 1. The Balaban J connectivity index is 2.13. The van der Waals surface area contributed by atoms with Gasteiger partial charge in [0.05, 0.1) is 24.3 Å². The number of nitrogens with two attached hydrogens (primary N) is 1. The maximum atomic E-state index is 12.5. The van der Waals surface area contributed by atoms with Crippen LogP contribution in [0, 0.1) is 17.2 Å². The van der Waals surface area contributed by atoms with Crippen molar-refractivity contribution in [1.29, 1.82) is 5.26 Å². The number of fused-ring (bicyclic) bond motifs is 1. The minimum absolute atomic E-state index is 0.0877. The molecule has 0 bridgehead atoms.